The van der Waals surface area contributed by atoms with Crippen LogP contribution in [0.15, 0.2) is 73.6 Å². The second-order valence-corrected chi connectivity index (χ2v) is 10.5. The predicted octanol–water partition coefficient (Wildman–Crippen LogP) is 6.53. The molecule has 0 aliphatic heterocycles. The molecule has 6 heterocycles. The lowest BCUT2D eigenvalue weighted by molar-refractivity contribution is -0.117. The number of aromatic nitrogens is 7. The van der Waals surface area contributed by atoms with E-state index in [0.717, 1.165) is 68.6 Å². The highest BCUT2D eigenvalue weighted by molar-refractivity contribution is 6.00. The molecule has 6 aromatic heterocycles. The average molecular weight is 529 g/mol. The van der Waals surface area contributed by atoms with Crippen molar-refractivity contribution >= 4 is 33.5 Å². The van der Waals surface area contributed by atoms with Gasteiger partial charge in [0.05, 0.1) is 40.5 Å². The second kappa shape index (κ2) is 10.3. The smallest absolute Gasteiger partial charge is 0.224 e. The van der Waals surface area contributed by atoms with Crippen molar-refractivity contribution in [1.82, 2.24) is 35.1 Å². The Morgan fingerprint density at radius 1 is 0.900 bits per heavy atom. The first-order valence-corrected chi connectivity index (χ1v) is 13.7. The summed E-state index contributed by atoms with van der Waals surface area (Å²) in [6.07, 6.45) is 17.3. The molecule has 6 aromatic rings. The molecule has 1 saturated carbocycles. The second-order valence-electron chi connectivity index (χ2n) is 10.5. The summed E-state index contributed by atoms with van der Waals surface area (Å²) in [5.41, 5.74) is 8.28. The summed E-state index contributed by atoms with van der Waals surface area (Å²) in [6.45, 7) is 0. The van der Waals surface area contributed by atoms with E-state index in [-0.39, 0.29) is 5.91 Å². The average Bonchev–Trinajstić information content (AvgIpc) is 3.62. The van der Waals surface area contributed by atoms with Crippen LogP contribution in [0.1, 0.15) is 38.5 Å². The molecule has 40 heavy (non-hydrogen) atoms. The Morgan fingerprint density at radius 2 is 1.77 bits per heavy atom. The van der Waals surface area contributed by atoms with E-state index in [9.17, 15) is 4.79 Å². The van der Waals surface area contributed by atoms with E-state index < -0.39 is 0 Å². The molecular formula is C31H28N8O. The zero-order chi connectivity index (χ0) is 26.9. The Labute approximate surface area is 230 Å². The number of H-pyrrole nitrogens is 2. The third kappa shape index (κ3) is 4.70. The summed E-state index contributed by atoms with van der Waals surface area (Å²) in [7, 11) is 0. The van der Waals surface area contributed by atoms with Gasteiger partial charge in [0.1, 0.15) is 11.2 Å². The summed E-state index contributed by atoms with van der Waals surface area (Å²) in [4.78, 5) is 34.2. The molecule has 1 fully saturated rings. The summed E-state index contributed by atoms with van der Waals surface area (Å²) >= 11 is 0. The van der Waals surface area contributed by atoms with Crippen molar-refractivity contribution in [3.8, 4) is 33.8 Å². The number of hydrogen-bond donors (Lipinski definition) is 3. The minimum Gasteiger partial charge on any atom is -0.352 e. The van der Waals surface area contributed by atoms with Gasteiger partial charge in [-0.3, -0.25) is 24.8 Å². The molecule has 7 rings (SSSR count). The van der Waals surface area contributed by atoms with Gasteiger partial charge in [-0.25, -0.2) is 4.98 Å². The fourth-order valence-electron chi connectivity index (χ4n) is 5.69. The number of carbonyl (C=O) groups excluding carboxylic acids is 1. The zero-order valence-corrected chi connectivity index (χ0v) is 21.9. The summed E-state index contributed by atoms with van der Waals surface area (Å²) in [5, 5.41) is 11.8. The largest absolute Gasteiger partial charge is 0.352 e. The third-order valence-electron chi connectivity index (χ3n) is 7.70. The van der Waals surface area contributed by atoms with Crippen LogP contribution in [0.2, 0.25) is 0 Å². The molecule has 1 aliphatic rings. The summed E-state index contributed by atoms with van der Waals surface area (Å²) in [6, 6.07) is 11.8. The van der Waals surface area contributed by atoms with Crippen molar-refractivity contribution in [3.05, 3.63) is 73.6 Å². The molecule has 1 amide bonds. The van der Waals surface area contributed by atoms with Gasteiger partial charge in [-0.15, -0.1) is 0 Å². The Bertz CT molecular complexity index is 1820. The number of pyridine rings is 4. The van der Waals surface area contributed by atoms with Gasteiger partial charge in [0.2, 0.25) is 5.91 Å². The SMILES string of the molecule is O=C(CC1CCCCC1)Nc1cncc(-c2ccc3[nH]nc(-c4cc5c(-c6cccnc6)cncc5[nH]4)c3n2)c1. The van der Waals surface area contributed by atoms with E-state index in [1.54, 1.807) is 18.6 Å². The van der Waals surface area contributed by atoms with E-state index in [1.807, 2.05) is 48.9 Å². The van der Waals surface area contributed by atoms with E-state index >= 15 is 0 Å². The minimum absolute atomic E-state index is 0.0466. The third-order valence-corrected chi connectivity index (χ3v) is 7.70. The van der Waals surface area contributed by atoms with Gasteiger partial charge in [0.15, 0.2) is 0 Å². The fourth-order valence-corrected chi connectivity index (χ4v) is 5.69. The number of nitrogens with one attached hydrogen (secondary N) is 3. The monoisotopic (exact) mass is 528 g/mol. The number of hydrogen-bond acceptors (Lipinski definition) is 6. The lowest BCUT2D eigenvalue weighted by Gasteiger charge is -2.20. The molecule has 0 aromatic carbocycles. The molecule has 0 unspecified atom stereocenters. The number of aromatic amines is 2. The fraction of sp³-hybridized carbons (Fsp3) is 0.226. The molecular weight excluding hydrogens is 500 g/mol. The van der Waals surface area contributed by atoms with Crippen LogP contribution in [0.5, 0.6) is 0 Å². The highest BCUT2D eigenvalue weighted by Gasteiger charge is 2.18. The maximum atomic E-state index is 12.7. The molecule has 3 N–H and O–H groups in total. The Morgan fingerprint density at radius 3 is 2.65 bits per heavy atom. The van der Waals surface area contributed by atoms with Crippen molar-refractivity contribution in [2.75, 3.05) is 5.32 Å². The van der Waals surface area contributed by atoms with Gasteiger partial charge in [0.25, 0.3) is 0 Å². The van der Waals surface area contributed by atoms with E-state index in [2.05, 4.69) is 41.5 Å². The maximum absolute atomic E-state index is 12.7. The van der Waals surface area contributed by atoms with Gasteiger partial charge in [0, 0.05) is 53.3 Å². The molecule has 0 saturated heterocycles. The van der Waals surface area contributed by atoms with E-state index in [1.165, 1.54) is 19.3 Å². The topological polar surface area (TPSA) is 125 Å². The lowest BCUT2D eigenvalue weighted by atomic mass is 9.87. The van der Waals surface area contributed by atoms with Crippen molar-refractivity contribution < 1.29 is 4.79 Å². The quantitative estimate of drug-likeness (QED) is 0.226. The van der Waals surface area contributed by atoms with Crippen LogP contribution in [0.4, 0.5) is 5.69 Å². The van der Waals surface area contributed by atoms with Crippen LogP contribution in [0.25, 0.3) is 55.7 Å². The van der Waals surface area contributed by atoms with Crippen molar-refractivity contribution in [2.45, 2.75) is 38.5 Å². The zero-order valence-electron chi connectivity index (χ0n) is 21.9. The standard InChI is InChI=1S/C31H28N8O/c40-29(11-19-5-2-1-3-6-19)35-22-12-21(15-33-16-22)25-8-9-26-30(37-25)31(39-38-26)27-13-23-24(17-34-18-28(23)36-27)20-7-4-10-32-14-20/h4,7-10,12-19,36H,1-3,5-6,11H2,(H,35,40)(H,38,39). The van der Waals surface area contributed by atoms with Crippen molar-refractivity contribution in [2.24, 2.45) is 5.92 Å². The number of amides is 1. The minimum atomic E-state index is 0.0466. The molecule has 9 nitrogen and oxygen atoms in total. The maximum Gasteiger partial charge on any atom is 0.224 e. The number of carbonyl (C=O) groups is 1. The lowest BCUT2D eigenvalue weighted by Crippen LogP contribution is -2.18. The Balaban J connectivity index is 1.19. The first-order valence-electron chi connectivity index (χ1n) is 13.7. The normalized spacial score (nSPS) is 14.1. The molecule has 1 aliphatic carbocycles. The molecule has 0 radical (unpaired) electrons. The Hall–Kier alpha value is -4.92. The van der Waals surface area contributed by atoms with Crippen LogP contribution in [-0.2, 0) is 4.79 Å². The van der Waals surface area contributed by atoms with E-state index in [4.69, 9.17) is 4.98 Å². The van der Waals surface area contributed by atoms with Gasteiger partial charge in [-0.2, -0.15) is 5.10 Å². The van der Waals surface area contributed by atoms with Crippen LogP contribution in [-0.4, -0.2) is 41.0 Å². The van der Waals surface area contributed by atoms with Gasteiger partial charge in [-0.05, 0) is 49.1 Å². The Kier molecular flexibility index (Phi) is 6.24. The number of nitrogens with zero attached hydrogens (tertiary/aromatic N) is 5. The highest BCUT2D eigenvalue weighted by atomic mass is 16.1. The van der Waals surface area contributed by atoms with Crippen LogP contribution in [0, 0.1) is 5.92 Å². The highest BCUT2D eigenvalue weighted by Crippen LogP contribution is 2.34. The van der Waals surface area contributed by atoms with Crippen LogP contribution in [0.3, 0.4) is 0 Å². The summed E-state index contributed by atoms with van der Waals surface area (Å²) < 4.78 is 0. The summed E-state index contributed by atoms with van der Waals surface area (Å²) in [5.74, 6) is 0.527. The number of fused-ring (bicyclic) bond motifs is 2. The molecule has 198 valence electrons. The van der Waals surface area contributed by atoms with Crippen molar-refractivity contribution in [1.29, 1.82) is 0 Å². The van der Waals surface area contributed by atoms with Gasteiger partial charge < -0.3 is 10.3 Å². The van der Waals surface area contributed by atoms with Crippen molar-refractivity contribution in [3.63, 3.8) is 0 Å². The molecule has 0 atom stereocenters. The first kappa shape index (κ1) is 24.1. The van der Waals surface area contributed by atoms with Gasteiger partial charge in [-0.1, -0.05) is 25.3 Å². The predicted molar refractivity (Wildman–Crippen MR) is 155 cm³/mol. The first-order chi connectivity index (χ1) is 19.7. The van der Waals surface area contributed by atoms with Crippen LogP contribution >= 0.6 is 0 Å². The number of rotatable bonds is 6. The van der Waals surface area contributed by atoms with Gasteiger partial charge >= 0.3 is 0 Å². The molecule has 0 spiro atoms. The van der Waals surface area contributed by atoms with E-state index in [0.29, 0.717) is 18.0 Å². The molecule has 9 heteroatoms. The van der Waals surface area contributed by atoms with Crippen LogP contribution < -0.4 is 5.32 Å². The molecule has 0 bridgehead atoms. The number of anilines is 1.